The Kier molecular flexibility index (Phi) is 10.1. The molecule has 196 valence electrons. The zero-order chi connectivity index (χ0) is 27.5. The minimum Gasteiger partial charge on any atom is -0.382 e. The SMILES string of the molecule is C/C1=C(\C=C\c2ccccc2)C(/C=C/c2ccccc2)=C(/C)c2ccccc2-c2ccccc21.CCOCC. The van der Waals surface area contributed by atoms with Gasteiger partial charge < -0.3 is 4.74 Å². The number of fused-ring (bicyclic) bond motifs is 3. The highest BCUT2D eigenvalue weighted by Gasteiger charge is 2.19. The van der Waals surface area contributed by atoms with Crippen molar-refractivity contribution in [3.8, 4) is 11.1 Å². The molecule has 4 aromatic carbocycles. The highest BCUT2D eigenvalue weighted by molar-refractivity contribution is 5.96. The van der Waals surface area contributed by atoms with E-state index in [4.69, 9.17) is 4.74 Å². The molecule has 1 aliphatic carbocycles. The van der Waals surface area contributed by atoms with Crippen LogP contribution in [0.1, 0.15) is 49.9 Å². The first-order valence-electron chi connectivity index (χ1n) is 13.8. The lowest BCUT2D eigenvalue weighted by atomic mass is 9.81. The van der Waals surface area contributed by atoms with Gasteiger partial charge in [0.05, 0.1) is 0 Å². The van der Waals surface area contributed by atoms with E-state index in [1.165, 1.54) is 55.7 Å². The molecule has 0 radical (unpaired) electrons. The topological polar surface area (TPSA) is 9.23 Å². The molecule has 0 fully saturated rings. The quantitative estimate of drug-likeness (QED) is 0.251. The molecule has 0 saturated carbocycles. The number of allylic oxidation sites excluding steroid dienone is 6. The maximum absolute atomic E-state index is 4.83. The summed E-state index contributed by atoms with van der Waals surface area (Å²) < 4.78 is 4.83. The third-order valence-electron chi connectivity index (χ3n) is 6.94. The van der Waals surface area contributed by atoms with E-state index in [9.17, 15) is 0 Å². The van der Waals surface area contributed by atoms with E-state index < -0.39 is 0 Å². The van der Waals surface area contributed by atoms with Gasteiger partial charge in [0.15, 0.2) is 0 Å². The number of benzene rings is 4. The van der Waals surface area contributed by atoms with Crippen molar-refractivity contribution >= 4 is 23.3 Å². The second-order valence-corrected chi connectivity index (χ2v) is 9.44. The van der Waals surface area contributed by atoms with Crippen LogP contribution in [0.4, 0.5) is 0 Å². The Labute approximate surface area is 234 Å². The van der Waals surface area contributed by atoms with Crippen LogP contribution in [0.3, 0.4) is 0 Å². The minimum atomic E-state index is 0.844. The summed E-state index contributed by atoms with van der Waals surface area (Å²) in [6.45, 7) is 10.2. The lowest BCUT2D eigenvalue weighted by Crippen LogP contribution is -2.01. The first kappa shape index (κ1) is 27.8. The van der Waals surface area contributed by atoms with Crippen molar-refractivity contribution in [2.75, 3.05) is 13.2 Å². The summed E-state index contributed by atoms with van der Waals surface area (Å²) in [5.74, 6) is 0. The van der Waals surface area contributed by atoms with Crippen LogP contribution in [0.25, 0.3) is 34.4 Å². The van der Waals surface area contributed by atoms with Gasteiger partial charge in [0.25, 0.3) is 0 Å². The molecule has 1 nitrogen and oxygen atoms in total. The van der Waals surface area contributed by atoms with Crippen LogP contribution in [0.5, 0.6) is 0 Å². The van der Waals surface area contributed by atoms with E-state index in [-0.39, 0.29) is 0 Å². The van der Waals surface area contributed by atoms with Crippen molar-refractivity contribution in [3.05, 3.63) is 155 Å². The predicted molar refractivity (Wildman–Crippen MR) is 170 cm³/mol. The molecule has 0 N–H and O–H groups in total. The van der Waals surface area contributed by atoms with Crippen molar-refractivity contribution in [1.29, 1.82) is 0 Å². The van der Waals surface area contributed by atoms with E-state index in [0.717, 1.165) is 13.2 Å². The van der Waals surface area contributed by atoms with Gasteiger partial charge in [-0.1, -0.05) is 133 Å². The summed E-state index contributed by atoms with van der Waals surface area (Å²) in [6.07, 6.45) is 9.00. The third kappa shape index (κ3) is 7.02. The van der Waals surface area contributed by atoms with Crippen LogP contribution < -0.4 is 0 Å². The fourth-order valence-corrected chi connectivity index (χ4v) is 4.91. The van der Waals surface area contributed by atoms with Gasteiger partial charge >= 0.3 is 0 Å². The number of hydrogen-bond donors (Lipinski definition) is 0. The molecule has 0 aromatic heterocycles. The largest absolute Gasteiger partial charge is 0.382 e. The molecule has 0 aliphatic heterocycles. The molecule has 5 rings (SSSR count). The van der Waals surface area contributed by atoms with Crippen molar-refractivity contribution < 1.29 is 4.74 Å². The Morgan fingerprint density at radius 2 is 0.769 bits per heavy atom. The molecular weight excluding hydrogens is 472 g/mol. The van der Waals surface area contributed by atoms with E-state index in [2.05, 4.69) is 147 Å². The first-order valence-corrected chi connectivity index (χ1v) is 13.8. The van der Waals surface area contributed by atoms with Crippen LogP contribution >= 0.6 is 0 Å². The number of hydrogen-bond acceptors (Lipinski definition) is 1. The third-order valence-corrected chi connectivity index (χ3v) is 6.94. The van der Waals surface area contributed by atoms with Crippen LogP contribution in [0.15, 0.2) is 132 Å². The maximum Gasteiger partial charge on any atom is 0.0437 e. The molecule has 0 heterocycles. The highest BCUT2D eigenvalue weighted by atomic mass is 16.5. The first-order chi connectivity index (χ1) is 19.1. The summed E-state index contributed by atoms with van der Waals surface area (Å²) in [5.41, 5.74) is 12.6. The molecule has 0 atom stereocenters. The van der Waals surface area contributed by atoms with Gasteiger partial charge in [-0.2, -0.15) is 0 Å². The van der Waals surface area contributed by atoms with Gasteiger partial charge in [-0.05, 0) is 83.4 Å². The minimum absolute atomic E-state index is 0.844. The molecule has 1 aliphatic rings. The van der Waals surface area contributed by atoms with Gasteiger partial charge in [0.1, 0.15) is 0 Å². The number of rotatable bonds is 6. The van der Waals surface area contributed by atoms with Gasteiger partial charge in [0.2, 0.25) is 0 Å². The van der Waals surface area contributed by atoms with E-state index in [0.29, 0.717) is 0 Å². The Bertz CT molecular complexity index is 1370. The average molecular weight is 511 g/mol. The van der Waals surface area contributed by atoms with Gasteiger partial charge in [-0.15, -0.1) is 0 Å². The molecule has 0 amide bonds. The Balaban J connectivity index is 0.000000648. The monoisotopic (exact) mass is 510 g/mol. The molecule has 0 spiro atoms. The van der Waals surface area contributed by atoms with Crippen molar-refractivity contribution in [2.24, 2.45) is 0 Å². The normalized spacial score (nSPS) is 16.7. The van der Waals surface area contributed by atoms with Crippen molar-refractivity contribution in [3.63, 3.8) is 0 Å². The Morgan fingerprint density at radius 1 is 0.436 bits per heavy atom. The molecular formula is C38H38O. The molecule has 4 aromatic rings. The lowest BCUT2D eigenvalue weighted by Gasteiger charge is -2.23. The maximum atomic E-state index is 4.83. The van der Waals surface area contributed by atoms with E-state index in [1.54, 1.807) is 0 Å². The predicted octanol–water partition coefficient (Wildman–Crippen LogP) is 10.4. The lowest BCUT2D eigenvalue weighted by molar-refractivity contribution is 0.162. The number of ether oxygens (including phenoxy) is 1. The highest BCUT2D eigenvalue weighted by Crippen LogP contribution is 2.42. The Hall–Kier alpha value is -4.20. The van der Waals surface area contributed by atoms with Crippen LogP contribution in [0.2, 0.25) is 0 Å². The van der Waals surface area contributed by atoms with Crippen LogP contribution in [-0.2, 0) is 4.74 Å². The van der Waals surface area contributed by atoms with Gasteiger partial charge in [0, 0.05) is 13.2 Å². The van der Waals surface area contributed by atoms with Crippen molar-refractivity contribution in [2.45, 2.75) is 27.7 Å². The average Bonchev–Trinajstić information content (AvgIpc) is 2.99. The summed E-state index contributed by atoms with van der Waals surface area (Å²) in [4.78, 5) is 0. The van der Waals surface area contributed by atoms with Crippen LogP contribution in [-0.4, -0.2) is 13.2 Å². The molecule has 0 saturated heterocycles. The van der Waals surface area contributed by atoms with Crippen molar-refractivity contribution in [1.82, 2.24) is 0 Å². The van der Waals surface area contributed by atoms with Gasteiger partial charge in [-0.25, -0.2) is 0 Å². The second kappa shape index (κ2) is 14.1. The summed E-state index contributed by atoms with van der Waals surface area (Å²) in [5, 5.41) is 0. The molecule has 39 heavy (non-hydrogen) atoms. The zero-order valence-corrected chi connectivity index (χ0v) is 23.5. The standard InChI is InChI=1S/C34H28.C4H10O/c1-25-29-17-9-11-19-33(29)34-20-12-10-18-30(34)26(2)32(24-22-28-15-7-4-8-16-28)31(25)23-21-27-13-5-3-6-14-27;1-3-5-4-2/h3-24H,1-2H3;3-4H2,1-2H3/b23-21+,24-22+,29-25?,30-26?,31-25-,32-26-,32-31?,34-33?;. The Morgan fingerprint density at radius 3 is 1.10 bits per heavy atom. The molecule has 0 unspecified atom stereocenters. The van der Waals surface area contributed by atoms with Gasteiger partial charge in [-0.3, -0.25) is 0 Å². The molecule has 1 heteroatoms. The summed E-state index contributed by atoms with van der Waals surface area (Å²) in [7, 11) is 0. The summed E-state index contributed by atoms with van der Waals surface area (Å²) in [6, 6.07) is 38.6. The van der Waals surface area contributed by atoms with Crippen LogP contribution in [0, 0.1) is 0 Å². The molecule has 0 bridgehead atoms. The fourth-order valence-electron chi connectivity index (χ4n) is 4.91. The fraction of sp³-hybridized carbons (Fsp3) is 0.158. The second-order valence-electron chi connectivity index (χ2n) is 9.44. The summed E-state index contributed by atoms with van der Waals surface area (Å²) >= 11 is 0. The zero-order valence-electron chi connectivity index (χ0n) is 23.5. The van der Waals surface area contributed by atoms with E-state index >= 15 is 0 Å². The van der Waals surface area contributed by atoms with E-state index in [1.807, 2.05) is 13.8 Å². The smallest absolute Gasteiger partial charge is 0.0437 e.